The average molecular weight is 181 g/mol. The van der Waals surface area contributed by atoms with Gasteiger partial charge in [0.1, 0.15) is 0 Å². The van der Waals surface area contributed by atoms with Gasteiger partial charge in [0, 0.05) is 17.9 Å². The number of hydrogen-bond donors (Lipinski definition) is 3. The Morgan fingerprint density at radius 3 is 2.85 bits per heavy atom. The molecule has 4 N–H and O–H groups in total. The molecule has 0 aliphatic rings. The van der Waals surface area contributed by atoms with Gasteiger partial charge >= 0.3 is 0 Å². The molecule has 1 rings (SSSR count). The zero-order valence-corrected chi connectivity index (χ0v) is 8.38. The summed E-state index contributed by atoms with van der Waals surface area (Å²) in [6.07, 6.45) is 3.02. The van der Waals surface area contributed by atoms with Crippen molar-refractivity contribution in [1.29, 1.82) is 0 Å². The SMILES string of the molecule is CCC(CNC)C(N)c1ccc[nH]1. The Bertz CT molecular complexity index is 218. The molecule has 0 fully saturated rings. The van der Waals surface area contributed by atoms with Gasteiger partial charge in [-0.1, -0.05) is 13.3 Å². The van der Waals surface area contributed by atoms with E-state index in [0.29, 0.717) is 5.92 Å². The number of aromatic amines is 1. The maximum atomic E-state index is 6.11. The summed E-state index contributed by atoms with van der Waals surface area (Å²) < 4.78 is 0. The van der Waals surface area contributed by atoms with E-state index < -0.39 is 0 Å². The maximum Gasteiger partial charge on any atom is 0.0488 e. The summed E-state index contributed by atoms with van der Waals surface area (Å²) in [5, 5.41) is 3.17. The standard InChI is InChI=1S/C10H19N3/c1-3-8(7-12-2)10(11)9-5-4-6-13-9/h4-6,8,10,12-13H,3,7,11H2,1-2H3. The van der Waals surface area contributed by atoms with Crippen LogP contribution in [0.1, 0.15) is 25.1 Å². The van der Waals surface area contributed by atoms with Crippen molar-refractivity contribution < 1.29 is 0 Å². The van der Waals surface area contributed by atoms with Crippen molar-refractivity contribution in [2.75, 3.05) is 13.6 Å². The van der Waals surface area contributed by atoms with Crippen LogP contribution in [0.2, 0.25) is 0 Å². The van der Waals surface area contributed by atoms with Crippen molar-refractivity contribution in [2.45, 2.75) is 19.4 Å². The van der Waals surface area contributed by atoms with Gasteiger partial charge in [-0.25, -0.2) is 0 Å². The largest absolute Gasteiger partial charge is 0.364 e. The minimum absolute atomic E-state index is 0.118. The lowest BCUT2D eigenvalue weighted by Gasteiger charge is -2.21. The zero-order valence-electron chi connectivity index (χ0n) is 8.38. The molecule has 1 aromatic heterocycles. The third-order valence-electron chi connectivity index (χ3n) is 2.48. The third kappa shape index (κ3) is 2.57. The van der Waals surface area contributed by atoms with E-state index in [9.17, 15) is 0 Å². The van der Waals surface area contributed by atoms with Crippen LogP contribution >= 0.6 is 0 Å². The van der Waals surface area contributed by atoms with Crippen molar-refractivity contribution in [3.63, 3.8) is 0 Å². The Labute approximate surface area is 79.7 Å². The van der Waals surface area contributed by atoms with Gasteiger partial charge < -0.3 is 16.0 Å². The Morgan fingerprint density at radius 2 is 2.38 bits per heavy atom. The molecule has 0 aromatic carbocycles. The second kappa shape index (κ2) is 5.04. The summed E-state index contributed by atoms with van der Waals surface area (Å²) in [6, 6.07) is 4.15. The van der Waals surface area contributed by atoms with Gasteiger partial charge in [-0.15, -0.1) is 0 Å². The summed E-state index contributed by atoms with van der Waals surface area (Å²) >= 11 is 0. The predicted molar refractivity (Wildman–Crippen MR) is 55.4 cm³/mol. The number of nitrogens with two attached hydrogens (primary N) is 1. The molecule has 0 amide bonds. The molecule has 0 spiro atoms. The highest BCUT2D eigenvalue weighted by Crippen LogP contribution is 2.19. The summed E-state index contributed by atoms with van der Waals surface area (Å²) in [7, 11) is 1.96. The lowest BCUT2D eigenvalue weighted by atomic mass is 9.95. The highest BCUT2D eigenvalue weighted by atomic mass is 14.8. The average Bonchev–Trinajstić information content (AvgIpc) is 2.65. The quantitative estimate of drug-likeness (QED) is 0.640. The van der Waals surface area contributed by atoms with E-state index in [1.165, 1.54) is 0 Å². The molecule has 1 aromatic rings. The molecule has 0 saturated heterocycles. The monoisotopic (exact) mass is 181 g/mol. The summed E-state index contributed by atoms with van der Waals surface area (Å²) in [5.74, 6) is 0.503. The van der Waals surface area contributed by atoms with E-state index >= 15 is 0 Å². The first-order chi connectivity index (χ1) is 6.29. The van der Waals surface area contributed by atoms with Gasteiger partial charge in [-0.2, -0.15) is 0 Å². The molecular weight excluding hydrogens is 162 g/mol. The van der Waals surface area contributed by atoms with E-state index in [4.69, 9.17) is 5.73 Å². The molecule has 0 aliphatic carbocycles. The van der Waals surface area contributed by atoms with Crippen molar-refractivity contribution in [3.8, 4) is 0 Å². The minimum Gasteiger partial charge on any atom is -0.364 e. The van der Waals surface area contributed by atoms with E-state index in [1.54, 1.807) is 0 Å². The Balaban J connectivity index is 2.58. The predicted octanol–water partition coefficient (Wildman–Crippen LogP) is 1.26. The summed E-state index contributed by atoms with van der Waals surface area (Å²) in [4.78, 5) is 3.16. The second-order valence-corrected chi connectivity index (χ2v) is 3.38. The molecule has 2 unspecified atom stereocenters. The highest BCUT2D eigenvalue weighted by Gasteiger charge is 2.17. The van der Waals surface area contributed by atoms with Crippen LogP contribution in [-0.4, -0.2) is 18.6 Å². The highest BCUT2D eigenvalue weighted by molar-refractivity contribution is 5.09. The number of nitrogens with one attached hydrogen (secondary N) is 2. The summed E-state index contributed by atoms with van der Waals surface area (Å²) in [5.41, 5.74) is 7.24. The van der Waals surface area contributed by atoms with Crippen LogP contribution in [0.4, 0.5) is 0 Å². The number of hydrogen-bond acceptors (Lipinski definition) is 2. The Morgan fingerprint density at radius 1 is 1.62 bits per heavy atom. The maximum absolute atomic E-state index is 6.11. The number of rotatable bonds is 5. The molecular formula is C10H19N3. The fourth-order valence-corrected chi connectivity index (χ4v) is 1.59. The lowest BCUT2D eigenvalue weighted by molar-refractivity contribution is 0.398. The van der Waals surface area contributed by atoms with Crippen LogP contribution in [0.15, 0.2) is 18.3 Å². The van der Waals surface area contributed by atoms with E-state index in [-0.39, 0.29) is 6.04 Å². The van der Waals surface area contributed by atoms with Crippen LogP contribution < -0.4 is 11.1 Å². The molecule has 0 aliphatic heterocycles. The molecule has 3 nitrogen and oxygen atoms in total. The Kier molecular flexibility index (Phi) is 3.99. The number of aromatic nitrogens is 1. The van der Waals surface area contributed by atoms with Gasteiger partial charge in [0.2, 0.25) is 0 Å². The fourth-order valence-electron chi connectivity index (χ4n) is 1.59. The zero-order chi connectivity index (χ0) is 9.68. The second-order valence-electron chi connectivity index (χ2n) is 3.38. The number of H-pyrrole nitrogens is 1. The van der Waals surface area contributed by atoms with Crippen LogP contribution in [0.3, 0.4) is 0 Å². The van der Waals surface area contributed by atoms with Crippen LogP contribution in [0, 0.1) is 5.92 Å². The topological polar surface area (TPSA) is 53.8 Å². The smallest absolute Gasteiger partial charge is 0.0488 e. The molecule has 0 radical (unpaired) electrons. The minimum atomic E-state index is 0.118. The van der Waals surface area contributed by atoms with Crippen molar-refractivity contribution >= 4 is 0 Å². The van der Waals surface area contributed by atoms with E-state index in [0.717, 1.165) is 18.7 Å². The van der Waals surface area contributed by atoms with Crippen LogP contribution in [0.25, 0.3) is 0 Å². The fraction of sp³-hybridized carbons (Fsp3) is 0.600. The van der Waals surface area contributed by atoms with Gasteiger partial charge in [-0.3, -0.25) is 0 Å². The van der Waals surface area contributed by atoms with Crippen molar-refractivity contribution in [2.24, 2.45) is 11.7 Å². The van der Waals surface area contributed by atoms with Crippen molar-refractivity contribution in [3.05, 3.63) is 24.0 Å². The molecule has 2 atom stereocenters. The Hall–Kier alpha value is -0.800. The summed E-state index contributed by atoms with van der Waals surface area (Å²) in [6.45, 7) is 3.14. The van der Waals surface area contributed by atoms with Crippen LogP contribution in [0.5, 0.6) is 0 Å². The molecule has 1 heterocycles. The van der Waals surface area contributed by atoms with E-state index in [2.05, 4.69) is 17.2 Å². The lowest BCUT2D eigenvalue weighted by Crippen LogP contribution is -2.29. The molecule has 13 heavy (non-hydrogen) atoms. The van der Waals surface area contributed by atoms with Gasteiger partial charge in [0.05, 0.1) is 0 Å². The first-order valence-corrected chi connectivity index (χ1v) is 4.83. The molecule has 3 heteroatoms. The van der Waals surface area contributed by atoms with E-state index in [1.807, 2.05) is 25.4 Å². The first-order valence-electron chi connectivity index (χ1n) is 4.83. The molecule has 0 saturated carbocycles. The van der Waals surface area contributed by atoms with Crippen molar-refractivity contribution in [1.82, 2.24) is 10.3 Å². The van der Waals surface area contributed by atoms with Gasteiger partial charge in [0.25, 0.3) is 0 Å². The first kappa shape index (κ1) is 10.3. The van der Waals surface area contributed by atoms with Gasteiger partial charge in [-0.05, 0) is 31.6 Å². The van der Waals surface area contributed by atoms with Gasteiger partial charge in [0.15, 0.2) is 0 Å². The third-order valence-corrected chi connectivity index (χ3v) is 2.48. The van der Waals surface area contributed by atoms with Crippen LogP contribution in [-0.2, 0) is 0 Å². The molecule has 0 bridgehead atoms. The molecule has 74 valence electrons. The normalized spacial score (nSPS) is 15.6.